The molecule has 0 heterocycles. The Hall–Kier alpha value is -0.260. The predicted octanol–water partition coefficient (Wildman–Crippen LogP) is 6.76. The van der Waals surface area contributed by atoms with Crippen LogP contribution in [-0.4, -0.2) is 0 Å². The molecule has 0 bridgehead atoms. The highest BCUT2D eigenvalue weighted by Crippen LogP contribution is 2.41. The molecule has 2 aliphatic rings. The van der Waals surface area contributed by atoms with E-state index in [-0.39, 0.29) is 0 Å². The maximum atomic E-state index is 2.54. The largest absolute Gasteiger partial charge is 0.0880 e. The van der Waals surface area contributed by atoms with Crippen LogP contribution in [0.1, 0.15) is 90.9 Å². The summed E-state index contributed by atoms with van der Waals surface area (Å²) in [5, 5.41) is 0. The molecule has 0 saturated heterocycles. The van der Waals surface area contributed by atoms with E-state index in [2.05, 4.69) is 26.0 Å². The summed E-state index contributed by atoms with van der Waals surface area (Å²) in [5.74, 6) is 4.06. The molecule has 116 valence electrons. The molecule has 0 aromatic heterocycles. The van der Waals surface area contributed by atoms with Gasteiger partial charge in [-0.25, -0.2) is 0 Å². The zero-order valence-corrected chi connectivity index (χ0v) is 13.9. The van der Waals surface area contributed by atoms with Gasteiger partial charge >= 0.3 is 0 Å². The molecule has 0 spiro atoms. The van der Waals surface area contributed by atoms with Crippen molar-refractivity contribution in [2.45, 2.75) is 90.9 Å². The fourth-order valence-corrected chi connectivity index (χ4v) is 4.62. The Morgan fingerprint density at radius 2 is 1.65 bits per heavy atom. The minimum atomic E-state index is 0.911. The van der Waals surface area contributed by atoms with Gasteiger partial charge in [-0.1, -0.05) is 70.9 Å². The van der Waals surface area contributed by atoms with Crippen LogP contribution >= 0.6 is 0 Å². The summed E-state index contributed by atoms with van der Waals surface area (Å²) in [5.41, 5.74) is 0. The fourth-order valence-electron chi connectivity index (χ4n) is 4.62. The van der Waals surface area contributed by atoms with Gasteiger partial charge in [0.2, 0.25) is 0 Å². The Labute approximate surface area is 127 Å². The highest BCUT2D eigenvalue weighted by Gasteiger charge is 2.29. The van der Waals surface area contributed by atoms with Gasteiger partial charge in [0.25, 0.3) is 0 Å². The van der Waals surface area contributed by atoms with Crippen LogP contribution in [0.5, 0.6) is 0 Å². The summed E-state index contributed by atoms with van der Waals surface area (Å²) in [7, 11) is 0. The molecule has 0 heteroatoms. The molecule has 0 aliphatic heterocycles. The van der Waals surface area contributed by atoms with Crippen molar-refractivity contribution in [1.82, 2.24) is 0 Å². The first kappa shape index (κ1) is 16.1. The maximum Gasteiger partial charge on any atom is -0.0231 e. The van der Waals surface area contributed by atoms with Crippen molar-refractivity contribution < 1.29 is 0 Å². The number of hydrogen-bond acceptors (Lipinski definition) is 0. The van der Waals surface area contributed by atoms with Crippen molar-refractivity contribution in [2.24, 2.45) is 23.7 Å². The first-order chi connectivity index (χ1) is 9.83. The van der Waals surface area contributed by atoms with Crippen LogP contribution < -0.4 is 0 Å². The minimum Gasteiger partial charge on any atom is -0.0880 e. The number of rotatable bonds is 7. The van der Waals surface area contributed by atoms with E-state index in [9.17, 15) is 0 Å². The molecule has 2 atom stereocenters. The average molecular weight is 277 g/mol. The first-order valence-electron chi connectivity index (χ1n) is 9.50. The van der Waals surface area contributed by atoms with Gasteiger partial charge in [-0.2, -0.15) is 0 Å². The third-order valence-corrected chi connectivity index (χ3v) is 5.89. The quantitative estimate of drug-likeness (QED) is 0.356. The van der Waals surface area contributed by atoms with Crippen LogP contribution in [0.2, 0.25) is 0 Å². The zero-order valence-electron chi connectivity index (χ0n) is 13.9. The van der Waals surface area contributed by atoms with E-state index >= 15 is 0 Å². The third kappa shape index (κ3) is 4.93. The molecule has 0 aromatic carbocycles. The zero-order chi connectivity index (χ0) is 14.2. The lowest BCUT2D eigenvalue weighted by Gasteiger charge is -2.36. The van der Waals surface area contributed by atoms with Gasteiger partial charge in [-0.15, -0.1) is 0 Å². The van der Waals surface area contributed by atoms with Gasteiger partial charge in [-0.05, 0) is 55.8 Å². The second kappa shape index (κ2) is 8.90. The number of allylic oxidation sites excluding steroid dienone is 2. The molecule has 0 radical (unpaired) electrons. The Morgan fingerprint density at radius 1 is 0.850 bits per heavy atom. The van der Waals surface area contributed by atoms with Crippen LogP contribution in [0.15, 0.2) is 12.2 Å². The van der Waals surface area contributed by atoms with Crippen molar-refractivity contribution in [3.63, 3.8) is 0 Å². The lowest BCUT2D eigenvalue weighted by atomic mass is 9.69. The molecular weight excluding hydrogens is 240 g/mol. The highest BCUT2D eigenvalue weighted by molar-refractivity contribution is 4.98. The van der Waals surface area contributed by atoms with E-state index in [0.717, 1.165) is 23.7 Å². The molecule has 1 saturated carbocycles. The van der Waals surface area contributed by atoms with Gasteiger partial charge in [0.15, 0.2) is 0 Å². The van der Waals surface area contributed by atoms with E-state index in [1.54, 1.807) is 0 Å². The number of unbranched alkanes of at least 4 members (excludes halogenated alkanes) is 2. The minimum absolute atomic E-state index is 0.911. The van der Waals surface area contributed by atoms with Crippen molar-refractivity contribution in [1.29, 1.82) is 0 Å². The molecule has 2 unspecified atom stereocenters. The lowest BCUT2D eigenvalue weighted by Crippen LogP contribution is -2.25. The summed E-state index contributed by atoms with van der Waals surface area (Å²) >= 11 is 0. The summed E-state index contributed by atoms with van der Waals surface area (Å²) in [6, 6.07) is 0. The molecule has 20 heavy (non-hydrogen) atoms. The van der Waals surface area contributed by atoms with Crippen molar-refractivity contribution in [2.75, 3.05) is 0 Å². The van der Waals surface area contributed by atoms with Gasteiger partial charge in [0.05, 0.1) is 0 Å². The monoisotopic (exact) mass is 276 g/mol. The summed E-state index contributed by atoms with van der Waals surface area (Å²) in [4.78, 5) is 0. The molecule has 0 nitrogen and oxygen atoms in total. The van der Waals surface area contributed by atoms with E-state index < -0.39 is 0 Å². The van der Waals surface area contributed by atoms with Crippen molar-refractivity contribution >= 4 is 0 Å². The van der Waals surface area contributed by atoms with Crippen molar-refractivity contribution in [3.05, 3.63) is 12.2 Å². The summed E-state index contributed by atoms with van der Waals surface area (Å²) in [6.07, 6.45) is 22.6. The molecule has 2 rings (SSSR count). The second-order valence-electron chi connectivity index (χ2n) is 7.48. The molecular formula is C20H36. The van der Waals surface area contributed by atoms with E-state index in [0.29, 0.717) is 0 Å². The first-order valence-corrected chi connectivity index (χ1v) is 9.50. The SMILES string of the molecule is CCCCCC1C=CCC(C2CCC(CCC)CC2)C1. The highest BCUT2D eigenvalue weighted by atomic mass is 14.3. The van der Waals surface area contributed by atoms with Crippen LogP contribution in [0.4, 0.5) is 0 Å². The maximum absolute atomic E-state index is 2.54. The number of hydrogen-bond donors (Lipinski definition) is 0. The van der Waals surface area contributed by atoms with Crippen LogP contribution in [0.3, 0.4) is 0 Å². The Balaban J connectivity index is 1.72. The van der Waals surface area contributed by atoms with Gasteiger partial charge in [0.1, 0.15) is 0 Å². The standard InChI is InChI=1S/C20H36/c1-3-5-6-9-18-10-7-11-20(16-18)19-14-12-17(8-4-2)13-15-19/h7,10,17-20H,3-6,8-9,11-16H2,1-2H3. The van der Waals surface area contributed by atoms with E-state index in [1.807, 2.05) is 0 Å². The third-order valence-electron chi connectivity index (χ3n) is 5.89. The van der Waals surface area contributed by atoms with E-state index in [4.69, 9.17) is 0 Å². The predicted molar refractivity (Wildman–Crippen MR) is 89.9 cm³/mol. The van der Waals surface area contributed by atoms with Gasteiger partial charge in [-0.3, -0.25) is 0 Å². The second-order valence-corrected chi connectivity index (χ2v) is 7.48. The summed E-state index contributed by atoms with van der Waals surface area (Å²) < 4.78 is 0. The lowest BCUT2D eigenvalue weighted by molar-refractivity contribution is 0.173. The Morgan fingerprint density at radius 3 is 2.35 bits per heavy atom. The average Bonchev–Trinajstić information content (AvgIpc) is 2.49. The normalized spacial score (nSPS) is 34.3. The topological polar surface area (TPSA) is 0 Å². The molecule has 0 amide bonds. The Bertz CT molecular complexity index is 270. The summed E-state index contributed by atoms with van der Waals surface area (Å²) in [6.45, 7) is 4.66. The van der Waals surface area contributed by atoms with Crippen molar-refractivity contribution in [3.8, 4) is 0 Å². The molecule has 0 aromatic rings. The van der Waals surface area contributed by atoms with Gasteiger partial charge in [0, 0.05) is 0 Å². The van der Waals surface area contributed by atoms with Crippen LogP contribution in [0.25, 0.3) is 0 Å². The fraction of sp³-hybridized carbons (Fsp3) is 0.900. The van der Waals surface area contributed by atoms with E-state index in [1.165, 1.54) is 77.0 Å². The van der Waals surface area contributed by atoms with Crippen LogP contribution in [0, 0.1) is 23.7 Å². The van der Waals surface area contributed by atoms with Gasteiger partial charge < -0.3 is 0 Å². The van der Waals surface area contributed by atoms with Crippen LogP contribution in [-0.2, 0) is 0 Å². The Kier molecular flexibility index (Phi) is 7.17. The smallest absolute Gasteiger partial charge is 0.0231 e. The molecule has 0 N–H and O–H groups in total. The molecule has 2 aliphatic carbocycles. The molecule has 1 fully saturated rings.